The van der Waals surface area contributed by atoms with E-state index in [4.69, 9.17) is 5.11 Å². The fourth-order valence-corrected chi connectivity index (χ4v) is 1.96. The quantitative estimate of drug-likeness (QED) is 0.897. The number of aliphatic hydroxyl groups excluding tert-OH is 1. The Kier molecular flexibility index (Phi) is 5.49. The second-order valence-electron chi connectivity index (χ2n) is 3.50. The first-order valence-electron chi connectivity index (χ1n) is 5.30. The molecule has 1 rings (SSSR count). The first-order chi connectivity index (χ1) is 7.67. The standard InChI is InChI=1S/C12H16BrNO2/c1-2-14(6-7-15)12(16)9-10-4-3-5-11(13)8-10/h3-5,8,15H,2,6-7,9H2,1H3. The summed E-state index contributed by atoms with van der Waals surface area (Å²) in [7, 11) is 0. The van der Waals surface area contributed by atoms with E-state index in [0.29, 0.717) is 19.5 Å². The molecule has 1 aromatic rings. The van der Waals surface area contributed by atoms with Gasteiger partial charge >= 0.3 is 0 Å². The van der Waals surface area contributed by atoms with Crippen molar-refractivity contribution in [1.29, 1.82) is 0 Å². The molecule has 0 saturated heterocycles. The molecule has 1 aromatic carbocycles. The van der Waals surface area contributed by atoms with Crippen LogP contribution in [0, 0.1) is 0 Å². The van der Waals surface area contributed by atoms with Gasteiger partial charge in [-0.15, -0.1) is 0 Å². The molecular formula is C12H16BrNO2. The van der Waals surface area contributed by atoms with Crippen LogP contribution in [0.5, 0.6) is 0 Å². The van der Waals surface area contributed by atoms with E-state index in [1.165, 1.54) is 0 Å². The highest BCUT2D eigenvalue weighted by Gasteiger charge is 2.11. The summed E-state index contributed by atoms with van der Waals surface area (Å²) >= 11 is 3.37. The molecular weight excluding hydrogens is 270 g/mol. The third-order valence-electron chi connectivity index (χ3n) is 2.35. The molecule has 88 valence electrons. The minimum absolute atomic E-state index is 0.0120. The van der Waals surface area contributed by atoms with E-state index in [1.807, 2.05) is 31.2 Å². The molecule has 0 atom stereocenters. The fourth-order valence-electron chi connectivity index (χ4n) is 1.51. The van der Waals surface area contributed by atoms with Crippen LogP contribution < -0.4 is 0 Å². The number of hydrogen-bond donors (Lipinski definition) is 1. The lowest BCUT2D eigenvalue weighted by atomic mass is 10.1. The van der Waals surface area contributed by atoms with Gasteiger partial charge in [-0.2, -0.15) is 0 Å². The van der Waals surface area contributed by atoms with E-state index in [0.717, 1.165) is 10.0 Å². The van der Waals surface area contributed by atoms with E-state index in [-0.39, 0.29) is 12.5 Å². The zero-order valence-corrected chi connectivity index (χ0v) is 10.9. The predicted molar refractivity (Wildman–Crippen MR) is 67.2 cm³/mol. The number of nitrogens with zero attached hydrogens (tertiary/aromatic N) is 1. The molecule has 0 aromatic heterocycles. The van der Waals surface area contributed by atoms with E-state index in [1.54, 1.807) is 4.90 Å². The zero-order chi connectivity index (χ0) is 12.0. The number of benzene rings is 1. The molecule has 0 spiro atoms. The molecule has 0 unspecified atom stereocenters. The Bertz CT molecular complexity index is 355. The third kappa shape index (κ3) is 3.94. The molecule has 0 radical (unpaired) electrons. The Morgan fingerprint density at radius 1 is 1.50 bits per heavy atom. The van der Waals surface area contributed by atoms with Crippen molar-refractivity contribution >= 4 is 21.8 Å². The van der Waals surface area contributed by atoms with Crippen molar-refractivity contribution in [3.8, 4) is 0 Å². The fraction of sp³-hybridized carbons (Fsp3) is 0.417. The van der Waals surface area contributed by atoms with Gasteiger partial charge in [-0.05, 0) is 24.6 Å². The van der Waals surface area contributed by atoms with Crippen molar-refractivity contribution in [3.63, 3.8) is 0 Å². The van der Waals surface area contributed by atoms with Crippen LogP contribution in [0.25, 0.3) is 0 Å². The molecule has 16 heavy (non-hydrogen) atoms. The SMILES string of the molecule is CCN(CCO)C(=O)Cc1cccc(Br)c1. The van der Waals surface area contributed by atoms with Crippen LogP contribution in [-0.2, 0) is 11.2 Å². The molecule has 0 aliphatic carbocycles. The number of amides is 1. The van der Waals surface area contributed by atoms with Crippen molar-refractivity contribution < 1.29 is 9.90 Å². The van der Waals surface area contributed by atoms with E-state index in [9.17, 15) is 4.79 Å². The van der Waals surface area contributed by atoms with E-state index >= 15 is 0 Å². The van der Waals surface area contributed by atoms with E-state index in [2.05, 4.69) is 15.9 Å². The lowest BCUT2D eigenvalue weighted by Crippen LogP contribution is -2.34. The Morgan fingerprint density at radius 2 is 2.25 bits per heavy atom. The zero-order valence-electron chi connectivity index (χ0n) is 9.32. The van der Waals surface area contributed by atoms with Crippen LogP contribution in [0.3, 0.4) is 0 Å². The number of aliphatic hydroxyl groups is 1. The topological polar surface area (TPSA) is 40.5 Å². The molecule has 1 N–H and O–H groups in total. The summed E-state index contributed by atoms with van der Waals surface area (Å²) in [6.45, 7) is 2.96. The van der Waals surface area contributed by atoms with Gasteiger partial charge in [0.15, 0.2) is 0 Å². The molecule has 3 nitrogen and oxygen atoms in total. The predicted octanol–water partition coefficient (Wildman–Crippen LogP) is 1.83. The van der Waals surface area contributed by atoms with Gasteiger partial charge in [0.1, 0.15) is 0 Å². The minimum atomic E-state index is 0.0120. The van der Waals surface area contributed by atoms with Crippen LogP contribution in [0.2, 0.25) is 0 Å². The highest BCUT2D eigenvalue weighted by atomic mass is 79.9. The average Bonchev–Trinajstić information content (AvgIpc) is 2.25. The molecule has 0 aliphatic heterocycles. The Labute approximate surface area is 104 Å². The monoisotopic (exact) mass is 285 g/mol. The van der Waals surface area contributed by atoms with Gasteiger partial charge in [0.2, 0.25) is 5.91 Å². The minimum Gasteiger partial charge on any atom is -0.395 e. The molecule has 1 amide bonds. The second kappa shape index (κ2) is 6.66. The maximum Gasteiger partial charge on any atom is 0.227 e. The van der Waals surface area contributed by atoms with Gasteiger partial charge in [-0.25, -0.2) is 0 Å². The Hall–Kier alpha value is -0.870. The highest BCUT2D eigenvalue weighted by Crippen LogP contribution is 2.12. The van der Waals surface area contributed by atoms with Gasteiger partial charge in [0.25, 0.3) is 0 Å². The van der Waals surface area contributed by atoms with Crippen LogP contribution >= 0.6 is 15.9 Å². The van der Waals surface area contributed by atoms with Crippen molar-refractivity contribution in [2.24, 2.45) is 0 Å². The number of hydrogen-bond acceptors (Lipinski definition) is 2. The molecule has 0 saturated carbocycles. The summed E-state index contributed by atoms with van der Waals surface area (Å²) in [4.78, 5) is 13.5. The van der Waals surface area contributed by atoms with Gasteiger partial charge in [0, 0.05) is 17.6 Å². The van der Waals surface area contributed by atoms with Gasteiger partial charge in [0.05, 0.1) is 13.0 Å². The summed E-state index contributed by atoms with van der Waals surface area (Å²) in [5.41, 5.74) is 0.982. The normalized spacial score (nSPS) is 10.2. The lowest BCUT2D eigenvalue weighted by Gasteiger charge is -2.19. The maximum atomic E-state index is 11.8. The summed E-state index contributed by atoms with van der Waals surface area (Å²) in [6, 6.07) is 7.70. The maximum absolute atomic E-state index is 11.8. The molecule has 0 aliphatic rings. The second-order valence-corrected chi connectivity index (χ2v) is 4.42. The van der Waals surface area contributed by atoms with Crippen LogP contribution in [0.4, 0.5) is 0 Å². The summed E-state index contributed by atoms with van der Waals surface area (Å²) in [5.74, 6) is 0.0506. The number of carbonyl (C=O) groups is 1. The van der Waals surface area contributed by atoms with Gasteiger partial charge < -0.3 is 10.0 Å². The van der Waals surface area contributed by atoms with Crippen LogP contribution in [-0.4, -0.2) is 35.6 Å². The number of rotatable bonds is 5. The Morgan fingerprint density at radius 3 is 2.81 bits per heavy atom. The van der Waals surface area contributed by atoms with Crippen molar-refractivity contribution in [2.45, 2.75) is 13.3 Å². The summed E-state index contributed by atoms with van der Waals surface area (Å²) in [6.07, 6.45) is 0.382. The summed E-state index contributed by atoms with van der Waals surface area (Å²) < 4.78 is 0.975. The average molecular weight is 286 g/mol. The number of likely N-dealkylation sites (N-methyl/N-ethyl adjacent to an activating group) is 1. The lowest BCUT2D eigenvalue weighted by molar-refractivity contribution is -0.130. The molecule has 0 heterocycles. The van der Waals surface area contributed by atoms with Gasteiger partial charge in [-0.1, -0.05) is 28.1 Å². The van der Waals surface area contributed by atoms with Crippen molar-refractivity contribution in [3.05, 3.63) is 34.3 Å². The number of carbonyl (C=O) groups excluding carboxylic acids is 1. The van der Waals surface area contributed by atoms with Gasteiger partial charge in [-0.3, -0.25) is 4.79 Å². The summed E-state index contributed by atoms with van der Waals surface area (Å²) in [5, 5.41) is 8.83. The van der Waals surface area contributed by atoms with Crippen LogP contribution in [0.1, 0.15) is 12.5 Å². The molecule has 0 bridgehead atoms. The van der Waals surface area contributed by atoms with Crippen molar-refractivity contribution in [1.82, 2.24) is 4.90 Å². The smallest absolute Gasteiger partial charge is 0.227 e. The molecule has 4 heteroatoms. The molecule has 0 fully saturated rings. The largest absolute Gasteiger partial charge is 0.395 e. The Balaban J connectivity index is 2.62. The number of halogens is 1. The first kappa shape index (κ1) is 13.2. The first-order valence-corrected chi connectivity index (χ1v) is 6.09. The third-order valence-corrected chi connectivity index (χ3v) is 2.84. The van der Waals surface area contributed by atoms with Crippen LogP contribution in [0.15, 0.2) is 28.7 Å². The van der Waals surface area contributed by atoms with E-state index < -0.39 is 0 Å². The highest BCUT2D eigenvalue weighted by molar-refractivity contribution is 9.10. The van der Waals surface area contributed by atoms with Crippen molar-refractivity contribution in [2.75, 3.05) is 19.7 Å².